The monoisotopic (exact) mass is 344 g/mol. The number of nitrogens with zero attached hydrogens (tertiary/aromatic N) is 3. The highest BCUT2D eigenvalue weighted by atomic mass is 16.4. The van der Waals surface area contributed by atoms with Crippen LogP contribution in [0, 0.1) is 12.8 Å². The first-order valence-corrected chi connectivity index (χ1v) is 9.37. The van der Waals surface area contributed by atoms with Crippen LogP contribution in [0.5, 0.6) is 0 Å². The predicted octanol–water partition coefficient (Wildman–Crippen LogP) is 3.39. The normalized spacial score (nSPS) is 18.8. The molecule has 0 saturated carbocycles. The smallest absolute Gasteiger partial charge is 0.306 e. The number of carboxylic acid groups (broad SMARTS) is 1. The van der Waals surface area contributed by atoms with Crippen molar-refractivity contribution in [1.82, 2.24) is 9.97 Å². The van der Waals surface area contributed by atoms with Gasteiger partial charge in [0, 0.05) is 25.7 Å². The lowest BCUT2D eigenvalue weighted by Gasteiger charge is -2.31. The van der Waals surface area contributed by atoms with Crippen LogP contribution in [-0.2, 0) is 4.79 Å². The van der Waals surface area contributed by atoms with Crippen LogP contribution >= 0.6 is 0 Å². The number of anilines is 2. The van der Waals surface area contributed by atoms with Gasteiger partial charge in [0.1, 0.15) is 17.5 Å². The van der Waals surface area contributed by atoms with Crippen LogP contribution in [0.4, 0.5) is 11.6 Å². The summed E-state index contributed by atoms with van der Waals surface area (Å²) in [5.74, 6) is 1.60. The Kier molecular flexibility index (Phi) is 5.89. The molecular weight excluding hydrogens is 316 g/mol. The largest absolute Gasteiger partial charge is 0.481 e. The number of aliphatic carboxylic acids is 1. The summed E-state index contributed by atoms with van der Waals surface area (Å²) in [7, 11) is 0. The third-order valence-corrected chi connectivity index (χ3v) is 5.13. The van der Waals surface area contributed by atoms with Gasteiger partial charge in [-0.05, 0) is 51.9 Å². The van der Waals surface area contributed by atoms with Crippen molar-refractivity contribution < 1.29 is 9.90 Å². The Hall–Kier alpha value is -2.11. The van der Waals surface area contributed by atoms with Crippen molar-refractivity contribution in [3.8, 4) is 0 Å². The van der Waals surface area contributed by atoms with Gasteiger partial charge in [-0.15, -0.1) is 0 Å². The summed E-state index contributed by atoms with van der Waals surface area (Å²) in [6.45, 7) is 4.27. The molecule has 136 valence electrons. The molecule has 0 radical (unpaired) electrons. The molecule has 0 unspecified atom stereocenters. The second-order valence-corrected chi connectivity index (χ2v) is 7.04. The molecule has 0 spiro atoms. The molecule has 3 rings (SSSR count). The second-order valence-electron chi connectivity index (χ2n) is 7.04. The molecule has 0 aromatic carbocycles. The molecule has 1 fully saturated rings. The molecule has 0 amide bonds. The minimum Gasteiger partial charge on any atom is -0.481 e. The average Bonchev–Trinajstić information content (AvgIpc) is 2.62. The molecule has 25 heavy (non-hydrogen) atoms. The van der Waals surface area contributed by atoms with Gasteiger partial charge in [0.2, 0.25) is 0 Å². The van der Waals surface area contributed by atoms with Crippen LogP contribution < -0.4 is 10.2 Å². The van der Waals surface area contributed by atoms with Gasteiger partial charge in [0.05, 0.1) is 5.92 Å². The number of nitrogens with one attached hydrogen (secondary N) is 1. The highest BCUT2D eigenvalue weighted by Gasteiger charge is 2.25. The Morgan fingerprint density at radius 2 is 2.12 bits per heavy atom. The van der Waals surface area contributed by atoms with E-state index in [0.717, 1.165) is 43.5 Å². The molecule has 0 bridgehead atoms. The Morgan fingerprint density at radius 1 is 1.32 bits per heavy atom. The molecule has 6 heteroatoms. The molecule has 1 aliphatic carbocycles. The number of hydrogen-bond acceptors (Lipinski definition) is 5. The summed E-state index contributed by atoms with van der Waals surface area (Å²) in [4.78, 5) is 22.3. The van der Waals surface area contributed by atoms with E-state index in [1.807, 2.05) is 13.0 Å². The average molecular weight is 344 g/mol. The van der Waals surface area contributed by atoms with Crippen molar-refractivity contribution in [2.24, 2.45) is 5.92 Å². The first-order chi connectivity index (χ1) is 12.1. The molecule has 1 aliphatic heterocycles. The van der Waals surface area contributed by atoms with Gasteiger partial charge >= 0.3 is 5.97 Å². The zero-order valence-corrected chi connectivity index (χ0v) is 15.0. The van der Waals surface area contributed by atoms with E-state index in [1.54, 1.807) is 5.57 Å². The number of hydrogen-bond donors (Lipinski definition) is 2. The first kappa shape index (κ1) is 17.7. The lowest BCUT2D eigenvalue weighted by Crippen LogP contribution is -2.37. The number of allylic oxidation sites excluding steroid dienone is 1. The number of aromatic nitrogens is 2. The van der Waals surface area contributed by atoms with E-state index in [0.29, 0.717) is 12.8 Å². The van der Waals surface area contributed by atoms with Crippen LogP contribution in [0.25, 0.3) is 0 Å². The highest BCUT2D eigenvalue weighted by molar-refractivity contribution is 5.70. The summed E-state index contributed by atoms with van der Waals surface area (Å²) >= 11 is 0. The van der Waals surface area contributed by atoms with Gasteiger partial charge in [-0.3, -0.25) is 4.79 Å². The number of aryl methyl sites for hydroxylation is 1. The molecule has 0 atom stereocenters. The molecule has 2 N–H and O–H groups in total. The van der Waals surface area contributed by atoms with E-state index < -0.39 is 5.97 Å². The van der Waals surface area contributed by atoms with Crippen LogP contribution in [0.3, 0.4) is 0 Å². The fourth-order valence-corrected chi connectivity index (χ4v) is 3.64. The second kappa shape index (κ2) is 8.32. The van der Waals surface area contributed by atoms with Crippen molar-refractivity contribution in [1.29, 1.82) is 0 Å². The summed E-state index contributed by atoms with van der Waals surface area (Å²) in [5, 5.41) is 12.6. The van der Waals surface area contributed by atoms with Gasteiger partial charge in [0.25, 0.3) is 0 Å². The van der Waals surface area contributed by atoms with E-state index in [1.165, 1.54) is 25.7 Å². The lowest BCUT2D eigenvalue weighted by atomic mass is 9.97. The maximum Gasteiger partial charge on any atom is 0.306 e. The minimum absolute atomic E-state index is 0.222. The Morgan fingerprint density at radius 3 is 2.80 bits per heavy atom. The van der Waals surface area contributed by atoms with Gasteiger partial charge in [-0.1, -0.05) is 11.6 Å². The Balaban J connectivity index is 1.57. The zero-order valence-electron chi connectivity index (χ0n) is 15.0. The number of rotatable bonds is 6. The molecule has 2 aliphatic rings. The van der Waals surface area contributed by atoms with Gasteiger partial charge in [-0.2, -0.15) is 0 Å². The number of carboxylic acids is 1. The van der Waals surface area contributed by atoms with Crippen LogP contribution in [0.15, 0.2) is 17.7 Å². The predicted molar refractivity (Wildman–Crippen MR) is 99.0 cm³/mol. The molecule has 2 heterocycles. The summed E-state index contributed by atoms with van der Waals surface area (Å²) in [6, 6.07) is 1.99. The van der Waals surface area contributed by atoms with E-state index in [4.69, 9.17) is 5.11 Å². The van der Waals surface area contributed by atoms with Gasteiger partial charge < -0.3 is 15.3 Å². The SMILES string of the molecule is Cc1nc(NCCC2=CCCCC2)cc(N2CCC(C(=O)O)CC2)n1. The maximum atomic E-state index is 11.1. The van der Waals surface area contributed by atoms with E-state index in [2.05, 4.69) is 26.3 Å². The van der Waals surface area contributed by atoms with Gasteiger partial charge in [-0.25, -0.2) is 9.97 Å². The van der Waals surface area contributed by atoms with Gasteiger partial charge in [0.15, 0.2) is 0 Å². The first-order valence-electron chi connectivity index (χ1n) is 9.37. The van der Waals surface area contributed by atoms with Crippen LogP contribution in [0.1, 0.15) is 50.8 Å². The molecular formula is C19H28N4O2. The number of carbonyl (C=O) groups is 1. The summed E-state index contributed by atoms with van der Waals surface area (Å²) in [5.41, 5.74) is 1.56. The fraction of sp³-hybridized carbons (Fsp3) is 0.632. The fourth-order valence-electron chi connectivity index (χ4n) is 3.64. The topological polar surface area (TPSA) is 78.4 Å². The quantitative estimate of drug-likeness (QED) is 0.770. The van der Waals surface area contributed by atoms with Crippen LogP contribution in [-0.4, -0.2) is 40.7 Å². The lowest BCUT2D eigenvalue weighted by molar-refractivity contribution is -0.142. The van der Waals surface area contributed by atoms with Crippen molar-refractivity contribution in [3.63, 3.8) is 0 Å². The molecule has 1 aromatic rings. The third-order valence-electron chi connectivity index (χ3n) is 5.13. The van der Waals surface area contributed by atoms with Crippen LogP contribution in [0.2, 0.25) is 0 Å². The van der Waals surface area contributed by atoms with Crippen molar-refractivity contribution in [2.75, 3.05) is 29.9 Å². The van der Waals surface area contributed by atoms with E-state index in [-0.39, 0.29) is 5.92 Å². The standard InChI is InChI=1S/C19H28N4O2/c1-14-21-17(20-10-7-15-5-3-2-4-6-15)13-18(22-14)23-11-8-16(9-12-23)19(24)25/h5,13,16H,2-4,6-12H2,1H3,(H,24,25)(H,20,21,22). The zero-order chi connectivity index (χ0) is 17.6. The Bertz CT molecular complexity index is 636. The van der Waals surface area contributed by atoms with E-state index >= 15 is 0 Å². The molecule has 1 aromatic heterocycles. The van der Waals surface area contributed by atoms with Crippen molar-refractivity contribution in [2.45, 2.75) is 51.9 Å². The van der Waals surface area contributed by atoms with E-state index in [9.17, 15) is 4.79 Å². The van der Waals surface area contributed by atoms with Crippen molar-refractivity contribution in [3.05, 3.63) is 23.5 Å². The highest BCUT2D eigenvalue weighted by Crippen LogP contribution is 2.24. The third kappa shape index (κ3) is 4.94. The van der Waals surface area contributed by atoms with Crippen molar-refractivity contribution >= 4 is 17.6 Å². The summed E-state index contributed by atoms with van der Waals surface area (Å²) in [6.07, 6.45) is 9.90. The molecule has 1 saturated heterocycles. The summed E-state index contributed by atoms with van der Waals surface area (Å²) < 4.78 is 0. The molecule has 6 nitrogen and oxygen atoms in total. The number of piperidine rings is 1. The minimum atomic E-state index is -0.683. The Labute approximate surface area is 149 Å². The maximum absolute atomic E-state index is 11.1.